The summed E-state index contributed by atoms with van der Waals surface area (Å²) in [5, 5.41) is 12.7. The number of carbonyl (C=O) groups excluding carboxylic acids is 1. The first-order valence-electron chi connectivity index (χ1n) is 11.2. The maximum atomic E-state index is 13.7. The molecule has 4 aromatic rings. The van der Waals surface area contributed by atoms with Crippen LogP contribution in [0, 0.1) is 6.92 Å². The van der Waals surface area contributed by atoms with Crippen molar-refractivity contribution >= 4 is 28.5 Å². The van der Waals surface area contributed by atoms with Crippen molar-refractivity contribution in [2.75, 3.05) is 5.73 Å². The predicted molar refractivity (Wildman–Crippen MR) is 132 cm³/mol. The maximum absolute atomic E-state index is 13.7. The number of halogens is 3. The highest BCUT2D eigenvalue weighted by Gasteiger charge is 2.36. The number of fused-ring (bicyclic) bond motifs is 1. The van der Waals surface area contributed by atoms with Crippen molar-refractivity contribution in [3.63, 3.8) is 0 Å². The van der Waals surface area contributed by atoms with E-state index < -0.39 is 40.8 Å². The van der Waals surface area contributed by atoms with Gasteiger partial charge in [0.25, 0.3) is 11.5 Å². The molecule has 8 nitrogen and oxygen atoms in total. The van der Waals surface area contributed by atoms with Crippen molar-refractivity contribution < 1.29 is 27.9 Å². The van der Waals surface area contributed by atoms with Gasteiger partial charge in [0.2, 0.25) is 0 Å². The number of nitrogen functional groups attached to an aromatic ring is 1. The van der Waals surface area contributed by atoms with Gasteiger partial charge in [-0.2, -0.15) is 13.2 Å². The van der Waals surface area contributed by atoms with Gasteiger partial charge >= 0.3 is 12.1 Å². The highest BCUT2D eigenvalue weighted by molar-refractivity contribution is 6.08. The Morgan fingerprint density at radius 1 is 1.14 bits per heavy atom. The number of para-hydroxylation sites is 1. The van der Waals surface area contributed by atoms with Crippen molar-refractivity contribution in [2.24, 2.45) is 7.05 Å². The lowest BCUT2D eigenvalue weighted by molar-refractivity contribution is -0.139. The SMILES string of the molecule is Cc1cc(C(F)(F)F)c(-c2ccc(C[C@H](NC(=O)c3[nH]c4ccccc4c3N)C(=O)O)cc2)c(=O)n1C. The molecule has 0 bridgehead atoms. The molecule has 0 saturated carbocycles. The minimum Gasteiger partial charge on any atom is -0.480 e. The molecule has 0 saturated heterocycles. The van der Waals surface area contributed by atoms with Crippen LogP contribution in [-0.2, 0) is 24.4 Å². The molecule has 37 heavy (non-hydrogen) atoms. The minimum absolute atomic E-state index is 0.0256. The molecule has 4 rings (SSSR count). The van der Waals surface area contributed by atoms with Gasteiger partial charge < -0.3 is 25.7 Å². The fourth-order valence-electron chi connectivity index (χ4n) is 4.14. The zero-order chi connectivity index (χ0) is 27.1. The Bertz CT molecular complexity index is 1570. The van der Waals surface area contributed by atoms with Gasteiger partial charge in [-0.05, 0) is 30.2 Å². The average molecular weight is 512 g/mol. The summed E-state index contributed by atoms with van der Waals surface area (Å²) in [4.78, 5) is 40.2. The van der Waals surface area contributed by atoms with Crippen molar-refractivity contribution in [1.82, 2.24) is 14.9 Å². The number of carbonyl (C=O) groups is 2. The lowest BCUT2D eigenvalue weighted by atomic mass is 9.97. The Morgan fingerprint density at radius 3 is 2.38 bits per heavy atom. The van der Waals surface area contributed by atoms with Crippen molar-refractivity contribution in [2.45, 2.75) is 25.6 Å². The molecule has 0 unspecified atom stereocenters. The Balaban J connectivity index is 1.60. The summed E-state index contributed by atoms with van der Waals surface area (Å²) in [5.74, 6) is -2.02. The van der Waals surface area contributed by atoms with Crippen LogP contribution < -0.4 is 16.6 Å². The van der Waals surface area contributed by atoms with E-state index in [1.165, 1.54) is 38.2 Å². The number of carboxylic acid groups (broad SMARTS) is 1. The third-order valence-electron chi connectivity index (χ3n) is 6.23. The van der Waals surface area contributed by atoms with Gasteiger partial charge in [0.05, 0.1) is 16.8 Å². The molecule has 0 fully saturated rings. The second-order valence-electron chi connectivity index (χ2n) is 8.66. The van der Waals surface area contributed by atoms with E-state index in [-0.39, 0.29) is 29.1 Å². The van der Waals surface area contributed by atoms with Crippen LogP contribution in [0.15, 0.2) is 59.4 Å². The van der Waals surface area contributed by atoms with E-state index in [4.69, 9.17) is 5.73 Å². The fraction of sp³-hybridized carbons (Fsp3) is 0.192. The van der Waals surface area contributed by atoms with Crippen LogP contribution in [0.2, 0.25) is 0 Å². The number of nitrogens with zero attached hydrogens (tertiary/aromatic N) is 1. The number of pyridine rings is 1. The van der Waals surface area contributed by atoms with Gasteiger partial charge in [-0.25, -0.2) is 4.79 Å². The van der Waals surface area contributed by atoms with Gasteiger partial charge in [0, 0.05) is 30.1 Å². The zero-order valence-corrected chi connectivity index (χ0v) is 19.8. The molecule has 11 heteroatoms. The summed E-state index contributed by atoms with van der Waals surface area (Å²) < 4.78 is 42.1. The lowest BCUT2D eigenvalue weighted by Gasteiger charge is -2.17. The first kappa shape index (κ1) is 25.5. The summed E-state index contributed by atoms with van der Waals surface area (Å²) in [6, 6.07) is 12.0. The van der Waals surface area contributed by atoms with E-state index in [2.05, 4.69) is 10.3 Å². The van der Waals surface area contributed by atoms with Gasteiger partial charge in [-0.1, -0.05) is 42.5 Å². The highest BCUT2D eigenvalue weighted by Crippen LogP contribution is 2.36. The van der Waals surface area contributed by atoms with E-state index in [1.54, 1.807) is 24.3 Å². The third-order valence-corrected chi connectivity index (χ3v) is 6.23. The molecule has 0 aliphatic rings. The summed E-state index contributed by atoms with van der Waals surface area (Å²) in [6.07, 6.45) is -4.89. The number of amides is 1. The van der Waals surface area contributed by atoms with Crippen LogP contribution in [0.3, 0.4) is 0 Å². The standard InChI is InChI=1S/C26H23F3N4O4/c1-13-11-17(26(27,28)29)20(24(35)33(13)2)15-9-7-14(8-10-15)12-19(25(36)37)32-23(34)22-21(30)16-5-3-4-6-18(16)31-22/h3-11,19,31H,12,30H2,1-2H3,(H,32,34)(H,36,37)/t19-/m0/s1. The number of anilines is 1. The number of hydrogen-bond acceptors (Lipinski definition) is 4. The second-order valence-corrected chi connectivity index (χ2v) is 8.66. The van der Waals surface area contributed by atoms with Crippen LogP contribution in [0.1, 0.15) is 27.3 Å². The van der Waals surface area contributed by atoms with Crippen LogP contribution in [0.4, 0.5) is 18.9 Å². The van der Waals surface area contributed by atoms with E-state index in [0.717, 1.165) is 10.6 Å². The molecular weight excluding hydrogens is 489 g/mol. The Hall–Kier alpha value is -4.54. The maximum Gasteiger partial charge on any atom is 0.417 e. The molecule has 1 atom stereocenters. The Labute approximate surface area is 208 Å². The molecular formula is C26H23F3N4O4. The predicted octanol–water partition coefficient (Wildman–Crippen LogP) is 3.87. The monoisotopic (exact) mass is 512 g/mol. The molecule has 0 aliphatic carbocycles. The van der Waals surface area contributed by atoms with E-state index in [0.29, 0.717) is 16.5 Å². The number of hydrogen-bond donors (Lipinski definition) is 4. The fourth-order valence-corrected chi connectivity index (χ4v) is 4.14. The van der Waals surface area contributed by atoms with E-state index in [9.17, 15) is 32.7 Å². The number of benzene rings is 2. The molecule has 0 radical (unpaired) electrons. The topological polar surface area (TPSA) is 130 Å². The number of aliphatic carboxylic acids is 1. The average Bonchev–Trinajstić information content (AvgIpc) is 3.18. The first-order chi connectivity index (χ1) is 17.4. The summed E-state index contributed by atoms with van der Waals surface area (Å²) >= 11 is 0. The quantitative estimate of drug-likeness (QED) is 0.312. The lowest BCUT2D eigenvalue weighted by Crippen LogP contribution is -2.42. The third kappa shape index (κ3) is 4.92. The minimum atomic E-state index is -4.74. The molecule has 2 aromatic heterocycles. The smallest absolute Gasteiger partial charge is 0.417 e. The molecule has 5 N–H and O–H groups in total. The number of alkyl halides is 3. The van der Waals surface area contributed by atoms with E-state index in [1.807, 2.05) is 0 Å². The zero-order valence-electron chi connectivity index (χ0n) is 19.8. The number of aromatic nitrogens is 2. The Morgan fingerprint density at radius 2 is 1.78 bits per heavy atom. The summed E-state index contributed by atoms with van der Waals surface area (Å²) in [6.45, 7) is 1.41. The van der Waals surface area contributed by atoms with Crippen LogP contribution in [0.5, 0.6) is 0 Å². The van der Waals surface area contributed by atoms with Gasteiger partial charge in [-0.3, -0.25) is 9.59 Å². The van der Waals surface area contributed by atoms with E-state index >= 15 is 0 Å². The number of H-pyrrole nitrogens is 1. The number of rotatable bonds is 6. The van der Waals surface area contributed by atoms with Crippen LogP contribution in [-0.4, -0.2) is 32.6 Å². The molecule has 2 aromatic carbocycles. The number of nitrogens with two attached hydrogens (primary N) is 1. The van der Waals surface area contributed by atoms with Crippen LogP contribution in [0.25, 0.3) is 22.0 Å². The van der Waals surface area contributed by atoms with Crippen molar-refractivity contribution in [3.8, 4) is 11.1 Å². The first-order valence-corrected chi connectivity index (χ1v) is 11.2. The van der Waals surface area contributed by atoms with Gasteiger partial charge in [0.1, 0.15) is 11.7 Å². The van der Waals surface area contributed by atoms with Crippen LogP contribution >= 0.6 is 0 Å². The second kappa shape index (κ2) is 9.49. The summed E-state index contributed by atoms with van der Waals surface area (Å²) in [7, 11) is 1.38. The number of aromatic amines is 1. The molecule has 0 aliphatic heterocycles. The number of carboxylic acids is 1. The summed E-state index contributed by atoms with van der Waals surface area (Å²) in [5.41, 5.74) is 5.16. The number of nitrogens with one attached hydrogen (secondary N) is 2. The molecule has 1 amide bonds. The molecule has 2 heterocycles. The highest BCUT2D eigenvalue weighted by atomic mass is 19.4. The molecule has 0 spiro atoms. The van der Waals surface area contributed by atoms with Crippen molar-refractivity contribution in [3.05, 3.63) is 87.5 Å². The number of aryl methyl sites for hydroxylation is 1. The van der Waals surface area contributed by atoms with Gasteiger partial charge in [-0.15, -0.1) is 0 Å². The van der Waals surface area contributed by atoms with Gasteiger partial charge in [0.15, 0.2) is 0 Å². The normalized spacial score (nSPS) is 12.5. The Kier molecular flexibility index (Phi) is 6.55. The largest absolute Gasteiger partial charge is 0.480 e. The van der Waals surface area contributed by atoms with Crippen molar-refractivity contribution in [1.29, 1.82) is 0 Å². The molecule has 192 valence electrons.